The molecule has 0 aromatic rings. The maximum Gasteiger partial charge on any atom is 0.305 e. The predicted molar refractivity (Wildman–Crippen MR) is 99.5 cm³/mol. The van der Waals surface area contributed by atoms with Crippen LogP contribution >= 0.6 is 0 Å². The van der Waals surface area contributed by atoms with Gasteiger partial charge in [0.05, 0.1) is 18.3 Å². The van der Waals surface area contributed by atoms with Gasteiger partial charge in [0.2, 0.25) is 5.91 Å². The Hall–Kier alpha value is -1.18. The van der Waals surface area contributed by atoms with Crippen LogP contribution in [0.1, 0.15) is 67.7 Å². The van der Waals surface area contributed by atoms with Crippen molar-refractivity contribution in [1.82, 2.24) is 5.32 Å². The lowest BCUT2D eigenvalue weighted by Gasteiger charge is -2.35. The Morgan fingerprint density at radius 2 is 1.69 bits per heavy atom. The Morgan fingerprint density at radius 3 is 2.15 bits per heavy atom. The summed E-state index contributed by atoms with van der Waals surface area (Å²) in [6, 6.07) is 0. The molecule has 0 radical (unpaired) electrons. The molecule has 0 aromatic heterocycles. The summed E-state index contributed by atoms with van der Waals surface area (Å²) in [6.07, 6.45) is -0.359. The summed E-state index contributed by atoms with van der Waals surface area (Å²) in [6.45, 7) is 13.7. The van der Waals surface area contributed by atoms with Crippen LogP contribution in [0.4, 0.5) is 0 Å². The van der Waals surface area contributed by atoms with Crippen LogP contribution in [0, 0.1) is 5.41 Å². The van der Waals surface area contributed by atoms with E-state index in [4.69, 9.17) is 14.2 Å². The minimum atomic E-state index is -0.779. The van der Waals surface area contributed by atoms with Crippen molar-refractivity contribution in [2.24, 2.45) is 5.41 Å². The minimum Gasteiger partial charge on any atom is -0.460 e. The van der Waals surface area contributed by atoms with Gasteiger partial charge in [-0.1, -0.05) is 20.8 Å². The molecule has 0 rings (SSSR count). The molecule has 2 unspecified atom stereocenters. The Morgan fingerprint density at radius 1 is 1.08 bits per heavy atom. The van der Waals surface area contributed by atoms with Gasteiger partial charge in [0, 0.05) is 19.4 Å². The zero-order valence-corrected chi connectivity index (χ0v) is 17.4. The van der Waals surface area contributed by atoms with Gasteiger partial charge in [-0.15, -0.1) is 0 Å². The molecule has 0 aliphatic carbocycles. The summed E-state index contributed by atoms with van der Waals surface area (Å²) in [5.74, 6) is -0.481. The van der Waals surface area contributed by atoms with Crippen molar-refractivity contribution in [2.45, 2.75) is 85.7 Å². The van der Waals surface area contributed by atoms with Crippen LogP contribution in [0.5, 0.6) is 0 Å². The van der Waals surface area contributed by atoms with Gasteiger partial charge >= 0.3 is 5.97 Å². The number of hydrogen-bond acceptors (Lipinski definition) is 6. The summed E-state index contributed by atoms with van der Waals surface area (Å²) < 4.78 is 16.9. The second-order valence-corrected chi connectivity index (χ2v) is 8.32. The van der Waals surface area contributed by atoms with Crippen molar-refractivity contribution in [2.75, 3.05) is 19.8 Å². The quantitative estimate of drug-likeness (QED) is 0.425. The number of hydrogen-bond donors (Lipinski definition) is 2. The third-order valence-electron chi connectivity index (χ3n) is 3.47. The predicted octanol–water partition coefficient (Wildman–Crippen LogP) is 2.40. The van der Waals surface area contributed by atoms with Crippen LogP contribution in [-0.4, -0.2) is 54.7 Å². The van der Waals surface area contributed by atoms with E-state index in [0.717, 1.165) is 0 Å². The lowest BCUT2D eigenvalue weighted by molar-refractivity contribution is -0.251. The highest BCUT2D eigenvalue weighted by Gasteiger charge is 2.30. The van der Waals surface area contributed by atoms with Crippen molar-refractivity contribution < 1.29 is 28.9 Å². The average Bonchev–Trinajstić information content (AvgIpc) is 2.47. The van der Waals surface area contributed by atoms with Crippen LogP contribution in [0.3, 0.4) is 0 Å². The fourth-order valence-corrected chi connectivity index (χ4v) is 2.11. The molecule has 2 atom stereocenters. The first-order valence-electron chi connectivity index (χ1n) is 9.25. The van der Waals surface area contributed by atoms with Crippen molar-refractivity contribution >= 4 is 11.9 Å². The lowest BCUT2D eigenvalue weighted by Crippen LogP contribution is -2.42. The van der Waals surface area contributed by atoms with E-state index in [1.165, 1.54) is 0 Å². The van der Waals surface area contributed by atoms with Crippen LogP contribution in [0.25, 0.3) is 0 Å². The van der Waals surface area contributed by atoms with Gasteiger partial charge < -0.3 is 24.6 Å². The molecular weight excluding hydrogens is 338 g/mol. The van der Waals surface area contributed by atoms with E-state index >= 15 is 0 Å². The third kappa shape index (κ3) is 12.2. The molecule has 0 fully saturated rings. The van der Waals surface area contributed by atoms with Crippen molar-refractivity contribution in [3.05, 3.63) is 0 Å². The number of esters is 1. The molecule has 1 amide bonds. The number of aliphatic hydroxyl groups excluding tert-OH is 1. The number of amides is 1. The molecule has 0 aromatic carbocycles. The highest BCUT2D eigenvalue weighted by atomic mass is 16.7. The minimum absolute atomic E-state index is 0.0656. The van der Waals surface area contributed by atoms with Crippen LogP contribution in [-0.2, 0) is 23.8 Å². The lowest BCUT2D eigenvalue weighted by atomic mass is 9.89. The van der Waals surface area contributed by atoms with Gasteiger partial charge in [0.1, 0.15) is 6.61 Å². The van der Waals surface area contributed by atoms with Gasteiger partial charge in [0.15, 0.2) is 6.29 Å². The number of ether oxygens (including phenoxy) is 3. The van der Waals surface area contributed by atoms with Crippen LogP contribution < -0.4 is 5.32 Å². The number of rotatable bonds is 11. The highest BCUT2D eigenvalue weighted by molar-refractivity contribution is 5.76. The Bertz CT molecular complexity index is 425. The summed E-state index contributed by atoms with van der Waals surface area (Å²) >= 11 is 0. The molecule has 0 saturated heterocycles. The highest BCUT2D eigenvalue weighted by Crippen LogP contribution is 2.25. The fraction of sp³-hybridized carbons (Fsp3) is 0.895. The van der Waals surface area contributed by atoms with E-state index in [-0.39, 0.29) is 37.4 Å². The molecule has 2 N–H and O–H groups in total. The van der Waals surface area contributed by atoms with Crippen molar-refractivity contribution in [3.63, 3.8) is 0 Å². The smallest absolute Gasteiger partial charge is 0.305 e. The van der Waals surface area contributed by atoms with E-state index in [2.05, 4.69) is 5.32 Å². The largest absolute Gasteiger partial charge is 0.460 e. The third-order valence-corrected chi connectivity index (χ3v) is 3.47. The topological polar surface area (TPSA) is 94.1 Å². The van der Waals surface area contributed by atoms with E-state index in [1.807, 2.05) is 48.5 Å². The Balaban J connectivity index is 4.54. The van der Waals surface area contributed by atoms with Crippen molar-refractivity contribution in [3.8, 4) is 0 Å². The standard InChI is InChI=1S/C19H37NO6/c1-8-20-15(22)10-9-11-16(23)24-13-17(26-19(5,6)7)25-14(12-21)18(2,3)4/h14,17,21H,8-13H2,1-7H3,(H,20,22). The molecule has 26 heavy (non-hydrogen) atoms. The van der Waals surface area contributed by atoms with Crippen LogP contribution in [0.2, 0.25) is 0 Å². The molecule has 0 saturated carbocycles. The Labute approximate surface area is 157 Å². The average molecular weight is 376 g/mol. The van der Waals surface area contributed by atoms with Gasteiger partial charge in [-0.05, 0) is 39.5 Å². The molecule has 154 valence electrons. The molecule has 0 heterocycles. The number of carbonyl (C=O) groups excluding carboxylic acids is 2. The maximum atomic E-state index is 11.9. The van der Waals surface area contributed by atoms with Gasteiger partial charge in [-0.3, -0.25) is 9.59 Å². The van der Waals surface area contributed by atoms with E-state index < -0.39 is 24.0 Å². The summed E-state index contributed by atoms with van der Waals surface area (Å²) in [4.78, 5) is 23.3. The SMILES string of the molecule is CCNC(=O)CCCC(=O)OCC(OC(CO)C(C)(C)C)OC(C)(C)C. The van der Waals surface area contributed by atoms with Crippen LogP contribution in [0.15, 0.2) is 0 Å². The van der Waals surface area contributed by atoms with Gasteiger partial charge in [-0.25, -0.2) is 0 Å². The number of carbonyl (C=O) groups is 2. The zero-order valence-electron chi connectivity index (χ0n) is 17.4. The molecule has 0 aliphatic rings. The summed E-state index contributed by atoms with van der Waals surface area (Å²) in [5, 5.41) is 12.3. The second kappa shape index (κ2) is 11.5. The molecule has 0 bridgehead atoms. The van der Waals surface area contributed by atoms with E-state index in [0.29, 0.717) is 13.0 Å². The maximum absolute atomic E-state index is 11.9. The second-order valence-electron chi connectivity index (χ2n) is 8.32. The fourth-order valence-electron chi connectivity index (χ4n) is 2.11. The normalized spacial score (nSPS) is 14.6. The Kier molecular flexibility index (Phi) is 11.0. The first-order chi connectivity index (χ1) is 11.9. The van der Waals surface area contributed by atoms with Gasteiger partial charge in [0.25, 0.3) is 0 Å². The molecular formula is C19H37NO6. The molecule has 0 spiro atoms. The molecule has 7 nitrogen and oxygen atoms in total. The van der Waals surface area contributed by atoms with E-state index in [9.17, 15) is 14.7 Å². The monoisotopic (exact) mass is 375 g/mol. The summed E-state index contributed by atoms with van der Waals surface area (Å²) in [7, 11) is 0. The zero-order chi connectivity index (χ0) is 20.4. The molecule has 7 heteroatoms. The summed E-state index contributed by atoms with van der Waals surface area (Å²) in [5.41, 5.74) is -0.780. The number of nitrogens with one attached hydrogen (secondary N) is 1. The van der Waals surface area contributed by atoms with E-state index in [1.54, 1.807) is 0 Å². The first kappa shape index (κ1) is 24.8. The van der Waals surface area contributed by atoms with Gasteiger partial charge in [-0.2, -0.15) is 0 Å². The van der Waals surface area contributed by atoms with Crippen molar-refractivity contribution in [1.29, 1.82) is 0 Å². The first-order valence-corrected chi connectivity index (χ1v) is 9.25. The molecule has 0 aliphatic heterocycles. The number of aliphatic hydroxyl groups is 1.